The largest absolute Gasteiger partial charge is 0.485 e. The molecule has 0 saturated carbocycles. The average Bonchev–Trinajstić information content (AvgIpc) is 2.78. The summed E-state index contributed by atoms with van der Waals surface area (Å²) < 4.78 is 38.4. The second-order valence-electron chi connectivity index (χ2n) is 6.73. The van der Waals surface area contributed by atoms with Crippen molar-refractivity contribution in [2.24, 2.45) is 0 Å². The number of hydrogen-bond acceptors (Lipinski definition) is 6. The van der Waals surface area contributed by atoms with Gasteiger partial charge in [0, 0.05) is 26.2 Å². The van der Waals surface area contributed by atoms with Gasteiger partial charge in [0.15, 0.2) is 11.5 Å². The molecule has 2 aliphatic rings. The van der Waals surface area contributed by atoms with Gasteiger partial charge in [-0.15, -0.1) is 0 Å². The molecule has 0 bridgehead atoms. The number of carbonyl (C=O) groups excluding carboxylic acids is 1. The van der Waals surface area contributed by atoms with Gasteiger partial charge in [0.1, 0.15) is 6.61 Å². The Morgan fingerprint density at radius 2 is 1.76 bits per heavy atom. The van der Waals surface area contributed by atoms with Crippen LogP contribution in [0.2, 0.25) is 0 Å². The van der Waals surface area contributed by atoms with Crippen molar-refractivity contribution in [2.75, 3.05) is 32.8 Å². The van der Waals surface area contributed by atoms with Crippen molar-refractivity contribution in [3.05, 3.63) is 54.1 Å². The average molecular weight is 413 g/mol. The van der Waals surface area contributed by atoms with Crippen molar-refractivity contribution in [3.63, 3.8) is 0 Å². The number of piperazine rings is 1. The minimum Gasteiger partial charge on any atom is -0.485 e. The van der Waals surface area contributed by atoms with E-state index < -0.39 is 16.1 Å². The van der Waals surface area contributed by atoms with Gasteiger partial charge in [-0.05, 0) is 30.3 Å². The molecule has 0 unspecified atom stereocenters. The molecule has 2 aliphatic heterocycles. The normalized spacial score (nSPS) is 19.4. The van der Waals surface area contributed by atoms with E-state index >= 15 is 0 Å². The minimum absolute atomic E-state index is 0.0805. The van der Waals surface area contributed by atoms with Gasteiger partial charge in [-0.2, -0.15) is 9.57 Å². The van der Waals surface area contributed by atoms with Crippen LogP contribution in [0.3, 0.4) is 0 Å². The zero-order valence-electron chi connectivity index (χ0n) is 15.5. The lowest BCUT2D eigenvalue weighted by Gasteiger charge is -2.36. The molecule has 29 heavy (non-hydrogen) atoms. The van der Waals surface area contributed by atoms with Crippen LogP contribution in [0, 0.1) is 11.3 Å². The Morgan fingerprint density at radius 3 is 2.48 bits per heavy atom. The number of nitriles is 1. The summed E-state index contributed by atoms with van der Waals surface area (Å²) in [5, 5.41) is 8.99. The number of sulfonamides is 1. The molecule has 2 aromatic rings. The van der Waals surface area contributed by atoms with Gasteiger partial charge in [-0.25, -0.2) is 8.42 Å². The summed E-state index contributed by atoms with van der Waals surface area (Å²) in [4.78, 5) is 14.5. The fourth-order valence-electron chi connectivity index (χ4n) is 3.37. The van der Waals surface area contributed by atoms with E-state index in [0.29, 0.717) is 11.5 Å². The van der Waals surface area contributed by atoms with Crippen LogP contribution in [0.5, 0.6) is 11.5 Å². The smallest absolute Gasteiger partial charge is 0.267 e. The van der Waals surface area contributed by atoms with E-state index in [-0.39, 0.29) is 49.2 Å². The Bertz CT molecular complexity index is 1070. The molecule has 2 aromatic carbocycles. The van der Waals surface area contributed by atoms with Crippen LogP contribution in [-0.4, -0.2) is 62.4 Å². The van der Waals surface area contributed by atoms with E-state index in [9.17, 15) is 13.2 Å². The van der Waals surface area contributed by atoms with Gasteiger partial charge in [-0.1, -0.05) is 18.2 Å². The highest BCUT2D eigenvalue weighted by Crippen LogP contribution is 2.31. The van der Waals surface area contributed by atoms with E-state index in [1.54, 1.807) is 35.2 Å². The molecule has 150 valence electrons. The number of benzene rings is 2. The molecule has 1 atom stereocenters. The van der Waals surface area contributed by atoms with Crippen molar-refractivity contribution in [1.82, 2.24) is 9.21 Å². The van der Waals surface area contributed by atoms with Crippen molar-refractivity contribution >= 4 is 15.9 Å². The number of carbonyl (C=O) groups is 1. The first-order chi connectivity index (χ1) is 14.0. The highest BCUT2D eigenvalue weighted by atomic mass is 32.2. The summed E-state index contributed by atoms with van der Waals surface area (Å²) in [6.45, 7) is 0.994. The lowest BCUT2D eigenvalue weighted by atomic mass is 10.2. The van der Waals surface area contributed by atoms with Crippen molar-refractivity contribution in [1.29, 1.82) is 5.26 Å². The lowest BCUT2D eigenvalue weighted by Crippen LogP contribution is -2.55. The van der Waals surface area contributed by atoms with Crippen LogP contribution in [0.25, 0.3) is 0 Å². The fourth-order valence-corrected chi connectivity index (χ4v) is 4.84. The first-order valence-corrected chi connectivity index (χ1v) is 10.6. The Kier molecular flexibility index (Phi) is 5.13. The number of para-hydroxylation sites is 2. The molecule has 9 heteroatoms. The third-order valence-corrected chi connectivity index (χ3v) is 6.83. The van der Waals surface area contributed by atoms with Crippen molar-refractivity contribution in [3.8, 4) is 17.6 Å². The Balaban J connectivity index is 1.40. The van der Waals surface area contributed by atoms with Gasteiger partial charge in [-0.3, -0.25) is 4.79 Å². The predicted octanol–water partition coefficient (Wildman–Crippen LogP) is 1.23. The maximum atomic E-state index is 12.8. The van der Waals surface area contributed by atoms with Gasteiger partial charge in [0.2, 0.25) is 16.1 Å². The maximum absolute atomic E-state index is 12.8. The number of ether oxygens (including phenoxy) is 2. The van der Waals surface area contributed by atoms with Crippen LogP contribution < -0.4 is 9.47 Å². The summed E-state index contributed by atoms with van der Waals surface area (Å²) in [7, 11) is -3.72. The maximum Gasteiger partial charge on any atom is 0.267 e. The minimum atomic E-state index is -3.72. The molecule has 8 nitrogen and oxygen atoms in total. The monoisotopic (exact) mass is 413 g/mol. The molecule has 1 saturated heterocycles. The second kappa shape index (κ2) is 7.73. The SMILES string of the molecule is N#Cc1cccc(S(=O)(=O)N2CCN(C(=O)[C@@H]3COc4ccccc4O3)CC2)c1. The van der Waals surface area contributed by atoms with Crippen LogP contribution in [-0.2, 0) is 14.8 Å². The highest BCUT2D eigenvalue weighted by Gasteiger charge is 2.35. The second-order valence-corrected chi connectivity index (χ2v) is 8.67. The third-order valence-electron chi connectivity index (χ3n) is 4.94. The number of rotatable bonds is 3. The van der Waals surface area contributed by atoms with Crippen LogP contribution >= 0.6 is 0 Å². The van der Waals surface area contributed by atoms with Gasteiger partial charge in [0.25, 0.3) is 5.91 Å². The summed E-state index contributed by atoms with van der Waals surface area (Å²) >= 11 is 0. The Labute approximate surface area is 168 Å². The molecular weight excluding hydrogens is 394 g/mol. The first-order valence-electron chi connectivity index (χ1n) is 9.16. The zero-order chi connectivity index (χ0) is 20.4. The summed E-state index contributed by atoms with van der Waals surface area (Å²) in [6.07, 6.45) is -0.750. The van der Waals surface area contributed by atoms with Crippen molar-refractivity contribution < 1.29 is 22.7 Å². The Morgan fingerprint density at radius 1 is 1.03 bits per heavy atom. The topological polar surface area (TPSA) is 99.9 Å². The molecule has 1 fully saturated rings. The fraction of sp³-hybridized carbons (Fsp3) is 0.300. The number of amides is 1. The first kappa shape index (κ1) is 19.2. The molecule has 4 rings (SSSR count). The van der Waals surface area contributed by atoms with E-state index in [1.807, 2.05) is 12.1 Å². The van der Waals surface area contributed by atoms with Crippen LogP contribution in [0.4, 0.5) is 0 Å². The molecule has 0 aliphatic carbocycles. The van der Waals surface area contributed by atoms with Gasteiger partial charge in [0.05, 0.1) is 16.5 Å². The Hall–Kier alpha value is -3.09. The standard InChI is InChI=1S/C20H19N3O5S/c21-13-15-4-3-5-16(12-15)29(25,26)23-10-8-22(9-11-23)20(24)19-14-27-17-6-1-2-7-18(17)28-19/h1-7,12,19H,8-11,14H2/t19-/m0/s1. The van der Waals surface area contributed by atoms with Crippen molar-refractivity contribution in [2.45, 2.75) is 11.0 Å². The van der Waals surface area contributed by atoms with Crippen LogP contribution in [0.1, 0.15) is 5.56 Å². The summed E-state index contributed by atoms with van der Waals surface area (Å²) in [5.41, 5.74) is 0.287. The molecule has 0 spiro atoms. The number of fused-ring (bicyclic) bond motifs is 1. The zero-order valence-corrected chi connectivity index (χ0v) is 16.3. The number of nitrogens with zero attached hydrogens (tertiary/aromatic N) is 3. The molecule has 0 N–H and O–H groups in total. The molecule has 1 amide bonds. The lowest BCUT2D eigenvalue weighted by molar-refractivity contribution is -0.142. The van der Waals surface area contributed by atoms with E-state index in [1.165, 1.54) is 16.4 Å². The highest BCUT2D eigenvalue weighted by molar-refractivity contribution is 7.89. The van der Waals surface area contributed by atoms with E-state index in [2.05, 4.69) is 0 Å². The summed E-state index contributed by atoms with van der Waals surface area (Å²) in [6, 6.07) is 15.0. The quantitative estimate of drug-likeness (QED) is 0.750. The summed E-state index contributed by atoms with van der Waals surface area (Å²) in [5.74, 6) is 0.908. The van der Waals surface area contributed by atoms with E-state index in [4.69, 9.17) is 14.7 Å². The third kappa shape index (κ3) is 3.77. The molecule has 0 aromatic heterocycles. The molecular formula is C20H19N3O5S. The number of hydrogen-bond donors (Lipinski definition) is 0. The predicted molar refractivity (Wildman–Crippen MR) is 103 cm³/mol. The van der Waals surface area contributed by atoms with Crippen LogP contribution in [0.15, 0.2) is 53.4 Å². The molecule has 0 radical (unpaired) electrons. The van der Waals surface area contributed by atoms with Gasteiger partial charge < -0.3 is 14.4 Å². The van der Waals surface area contributed by atoms with E-state index in [0.717, 1.165) is 0 Å². The van der Waals surface area contributed by atoms with Gasteiger partial charge >= 0.3 is 0 Å². The molecule has 2 heterocycles.